The van der Waals surface area contributed by atoms with Crippen LogP contribution in [0.5, 0.6) is 0 Å². The Morgan fingerprint density at radius 3 is 2.33 bits per heavy atom. The Bertz CT molecular complexity index is 881. The maximum Gasteiger partial charge on any atom is 0.277 e. The Morgan fingerprint density at radius 2 is 1.67 bits per heavy atom. The van der Waals surface area contributed by atoms with Gasteiger partial charge in [-0.15, -0.1) is 0 Å². The Kier molecular flexibility index (Phi) is 6.15. The Balaban J connectivity index is 1.94. The topological polar surface area (TPSA) is 58.1 Å². The molecule has 138 valence electrons. The van der Waals surface area contributed by atoms with E-state index in [1.807, 2.05) is 60.7 Å². The van der Waals surface area contributed by atoms with Gasteiger partial charge in [0.25, 0.3) is 5.91 Å². The fourth-order valence-corrected chi connectivity index (χ4v) is 2.81. The molecule has 0 aliphatic heterocycles. The van der Waals surface area contributed by atoms with E-state index in [9.17, 15) is 4.79 Å². The van der Waals surface area contributed by atoms with E-state index in [2.05, 4.69) is 22.2 Å². The number of aryl methyl sites for hydroxylation is 1. The predicted octanol–water partition coefficient (Wildman–Crippen LogP) is 4.45. The number of benzene rings is 2. The van der Waals surface area contributed by atoms with Gasteiger partial charge in [0.15, 0.2) is 0 Å². The van der Waals surface area contributed by atoms with Gasteiger partial charge in [0.1, 0.15) is 17.3 Å². The van der Waals surface area contributed by atoms with E-state index in [0.717, 1.165) is 24.2 Å². The molecule has 5 nitrogen and oxygen atoms in total. The van der Waals surface area contributed by atoms with Crippen LogP contribution in [0.15, 0.2) is 66.7 Å². The maximum atomic E-state index is 13.3. The van der Waals surface area contributed by atoms with Crippen molar-refractivity contribution < 1.29 is 4.79 Å². The van der Waals surface area contributed by atoms with Crippen molar-refractivity contribution in [1.82, 2.24) is 9.97 Å². The van der Waals surface area contributed by atoms with E-state index in [0.29, 0.717) is 23.9 Å². The third-order valence-electron chi connectivity index (χ3n) is 4.11. The monoisotopic (exact) mass is 360 g/mol. The summed E-state index contributed by atoms with van der Waals surface area (Å²) in [7, 11) is 0. The molecular weight excluding hydrogens is 336 g/mol. The van der Waals surface area contributed by atoms with Crippen LogP contribution >= 0.6 is 0 Å². The van der Waals surface area contributed by atoms with E-state index in [1.165, 1.54) is 0 Å². The molecule has 0 radical (unpaired) electrons. The number of anilines is 2. The summed E-state index contributed by atoms with van der Waals surface area (Å²) in [5.74, 6) is 1.11. The van der Waals surface area contributed by atoms with E-state index < -0.39 is 0 Å². The lowest BCUT2D eigenvalue weighted by Gasteiger charge is -2.23. The third-order valence-corrected chi connectivity index (χ3v) is 4.11. The zero-order chi connectivity index (χ0) is 19.1. The van der Waals surface area contributed by atoms with Crippen molar-refractivity contribution in [2.24, 2.45) is 0 Å². The summed E-state index contributed by atoms with van der Waals surface area (Å²) in [6.45, 7) is 5.17. The lowest BCUT2D eigenvalue weighted by Crippen LogP contribution is -2.31. The smallest absolute Gasteiger partial charge is 0.277 e. The second-order valence-corrected chi connectivity index (χ2v) is 6.32. The zero-order valence-corrected chi connectivity index (χ0v) is 15.7. The Morgan fingerprint density at radius 1 is 1.00 bits per heavy atom. The predicted molar refractivity (Wildman–Crippen MR) is 109 cm³/mol. The summed E-state index contributed by atoms with van der Waals surface area (Å²) >= 11 is 0. The van der Waals surface area contributed by atoms with Gasteiger partial charge in [-0.25, -0.2) is 9.97 Å². The van der Waals surface area contributed by atoms with Crippen LogP contribution in [0.2, 0.25) is 0 Å². The van der Waals surface area contributed by atoms with Crippen molar-refractivity contribution in [2.75, 3.05) is 16.8 Å². The normalized spacial score (nSPS) is 10.4. The molecule has 0 atom stereocenters. The summed E-state index contributed by atoms with van der Waals surface area (Å²) in [5.41, 5.74) is 2.29. The molecule has 0 saturated carbocycles. The minimum Gasteiger partial charge on any atom is -0.370 e. The molecule has 3 aromatic rings. The molecule has 0 bridgehead atoms. The molecule has 1 amide bonds. The molecule has 3 rings (SSSR count). The molecule has 5 heteroatoms. The fourth-order valence-electron chi connectivity index (χ4n) is 2.81. The van der Waals surface area contributed by atoms with Crippen molar-refractivity contribution in [2.45, 2.75) is 26.8 Å². The summed E-state index contributed by atoms with van der Waals surface area (Å²) in [6, 6.07) is 21.4. The zero-order valence-electron chi connectivity index (χ0n) is 15.7. The lowest BCUT2D eigenvalue weighted by atomic mass is 10.1. The van der Waals surface area contributed by atoms with Crippen LogP contribution in [-0.4, -0.2) is 22.4 Å². The number of carbonyl (C=O) groups is 1. The van der Waals surface area contributed by atoms with E-state index >= 15 is 0 Å². The van der Waals surface area contributed by atoms with Gasteiger partial charge in [-0.1, -0.05) is 55.5 Å². The minimum absolute atomic E-state index is 0.143. The molecule has 0 fully saturated rings. The van der Waals surface area contributed by atoms with E-state index in [-0.39, 0.29) is 5.91 Å². The number of nitrogens with one attached hydrogen (secondary N) is 1. The first-order valence-corrected chi connectivity index (χ1v) is 9.17. The van der Waals surface area contributed by atoms with Crippen molar-refractivity contribution >= 4 is 17.4 Å². The Labute approximate surface area is 160 Å². The first kappa shape index (κ1) is 18.6. The average Bonchev–Trinajstić information content (AvgIpc) is 2.71. The molecule has 1 N–H and O–H groups in total. The molecular formula is C22H24N4O. The number of amides is 1. The molecule has 27 heavy (non-hydrogen) atoms. The SMILES string of the molecule is CCCNc1cc(C(=O)N(Cc2ccccc2)c2ccccc2)nc(C)n1. The first-order chi connectivity index (χ1) is 13.2. The number of aromatic nitrogens is 2. The lowest BCUT2D eigenvalue weighted by molar-refractivity contribution is 0.0980. The highest BCUT2D eigenvalue weighted by Crippen LogP contribution is 2.20. The van der Waals surface area contributed by atoms with Gasteiger partial charge >= 0.3 is 0 Å². The highest BCUT2D eigenvalue weighted by molar-refractivity contribution is 6.05. The van der Waals surface area contributed by atoms with Gasteiger partial charge < -0.3 is 10.2 Å². The first-order valence-electron chi connectivity index (χ1n) is 9.17. The fraction of sp³-hybridized carbons (Fsp3) is 0.227. The van der Waals surface area contributed by atoms with Gasteiger partial charge in [0.05, 0.1) is 6.54 Å². The van der Waals surface area contributed by atoms with Crippen LogP contribution in [0, 0.1) is 6.92 Å². The van der Waals surface area contributed by atoms with Crippen molar-refractivity contribution in [3.8, 4) is 0 Å². The largest absolute Gasteiger partial charge is 0.370 e. The number of rotatable bonds is 7. The van der Waals surface area contributed by atoms with E-state index in [4.69, 9.17) is 0 Å². The maximum absolute atomic E-state index is 13.3. The summed E-state index contributed by atoms with van der Waals surface area (Å²) in [6.07, 6.45) is 0.983. The number of nitrogens with zero attached hydrogens (tertiary/aromatic N) is 3. The van der Waals surface area contributed by atoms with Crippen LogP contribution in [0.25, 0.3) is 0 Å². The van der Waals surface area contributed by atoms with Crippen LogP contribution in [0.3, 0.4) is 0 Å². The van der Waals surface area contributed by atoms with Gasteiger partial charge in [0, 0.05) is 18.3 Å². The van der Waals surface area contributed by atoms with Crippen LogP contribution < -0.4 is 10.2 Å². The Hall–Kier alpha value is -3.21. The van der Waals surface area contributed by atoms with Gasteiger partial charge in [-0.2, -0.15) is 0 Å². The van der Waals surface area contributed by atoms with Crippen LogP contribution in [-0.2, 0) is 6.54 Å². The summed E-state index contributed by atoms with van der Waals surface area (Å²) < 4.78 is 0. The number of para-hydroxylation sites is 1. The third kappa shape index (κ3) is 4.91. The van der Waals surface area contributed by atoms with Gasteiger partial charge in [-0.05, 0) is 31.0 Å². The number of carbonyl (C=O) groups excluding carboxylic acids is 1. The standard InChI is InChI=1S/C22H24N4O/c1-3-14-23-21-15-20(24-17(2)25-21)22(27)26(19-12-8-5-9-13-19)16-18-10-6-4-7-11-18/h4-13,15H,3,14,16H2,1-2H3,(H,23,24,25). The molecule has 1 aromatic heterocycles. The highest BCUT2D eigenvalue weighted by atomic mass is 16.2. The molecule has 0 saturated heterocycles. The molecule has 0 unspecified atom stereocenters. The summed E-state index contributed by atoms with van der Waals surface area (Å²) in [5, 5.41) is 3.24. The van der Waals surface area contributed by atoms with Gasteiger partial charge in [0.2, 0.25) is 0 Å². The number of hydrogen-bond acceptors (Lipinski definition) is 4. The second-order valence-electron chi connectivity index (χ2n) is 6.32. The summed E-state index contributed by atoms with van der Waals surface area (Å²) in [4.78, 5) is 23.9. The highest BCUT2D eigenvalue weighted by Gasteiger charge is 2.20. The average molecular weight is 360 g/mol. The van der Waals surface area contributed by atoms with Crippen molar-refractivity contribution in [3.63, 3.8) is 0 Å². The molecule has 1 heterocycles. The number of hydrogen-bond donors (Lipinski definition) is 1. The van der Waals surface area contributed by atoms with Crippen LogP contribution in [0.1, 0.15) is 35.2 Å². The van der Waals surface area contributed by atoms with Crippen LogP contribution in [0.4, 0.5) is 11.5 Å². The minimum atomic E-state index is -0.143. The molecule has 0 spiro atoms. The van der Waals surface area contributed by atoms with E-state index in [1.54, 1.807) is 17.9 Å². The molecule has 0 aliphatic carbocycles. The van der Waals surface area contributed by atoms with Crippen molar-refractivity contribution in [3.05, 3.63) is 83.8 Å². The quantitative estimate of drug-likeness (QED) is 0.676. The van der Waals surface area contributed by atoms with Crippen molar-refractivity contribution in [1.29, 1.82) is 0 Å². The molecule has 2 aromatic carbocycles. The second kappa shape index (κ2) is 8.94. The van der Waals surface area contributed by atoms with Gasteiger partial charge in [-0.3, -0.25) is 4.79 Å². The molecule has 0 aliphatic rings.